The van der Waals surface area contributed by atoms with Crippen LogP contribution < -0.4 is 0 Å². The molecule has 1 atom stereocenters. The lowest BCUT2D eigenvalue weighted by Crippen LogP contribution is -2.07. The summed E-state index contributed by atoms with van der Waals surface area (Å²) >= 11 is 0. The van der Waals surface area contributed by atoms with Gasteiger partial charge in [0.25, 0.3) is 0 Å². The van der Waals surface area contributed by atoms with E-state index in [1.54, 1.807) is 0 Å². The molecule has 7 heteroatoms. The fourth-order valence-electron chi connectivity index (χ4n) is 2.27. The third-order valence-corrected chi connectivity index (χ3v) is 3.19. The lowest BCUT2D eigenvalue weighted by molar-refractivity contribution is 0.0687. The van der Waals surface area contributed by atoms with Crippen molar-refractivity contribution in [1.82, 2.24) is 14.6 Å². The van der Waals surface area contributed by atoms with Crippen molar-refractivity contribution in [3.63, 3.8) is 0 Å². The molecule has 1 saturated heterocycles. The van der Waals surface area contributed by atoms with Gasteiger partial charge in [0.1, 0.15) is 11.6 Å². The van der Waals surface area contributed by atoms with Crippen LogP contribution in [-0.4, -0.2) is 38.9 Å². The van der Waals surface area contributed by atoms with Crippen molar-refractivity contribution in [3.8, 4) is 6.07 Å². The largest absolute Gasteiger partial charge is 0.477 e. The highest BCUT2D eigenvalue weighted by atomic mass is 16.5. The Balaban J connectivity index is 2.26. The number of nitrogens with zero attached hydrogens (tertiary/aromatic N) is 4. The monoisotopic (exact) mass is 258 g/mol. The molecule has 0 bridgehead atoms. The van der Waals surface area contributed by atoms with Gasteiger partial charge in [-0.3, -0.25) is 0 Å². The minimum absolute atomic E-state index is 0.00772. The van der Waals surface area contributed by atoms with Gasteiger partial charge in [-0.05, 0) is 12.5 Å². The average Bonchev–Trinajstić information content (AvgIpc) is 3.04. The van der Waals surface area contributed by atoms with Gasteiger partial charge in [0, 0.05) is 18.7 Å². The lowest BCUT2D eigenvalue weighted by atomic mass is 10.0. The summed E-state index contributed by atoms with van der Waals surface area (Å²) in [4.78, 5) is 15.2. The van der Waals surface area contributed by atoms with E-state index in [0.717, 1.165) is 6.42 Å². The molecule has 0 amide bonds. The molecule has 2 aromatic heterocycles. The Kier molecular flexibility index (Phi) is 2.65. The Morgan fingerprint density at radius 1 is 1.63 bits per heavy atom. The molecule has 1 N–H and O–H groups in total. The minimum Gasteiger partial charge on any atom is -0.477 e. The van der Waals surface area contributed by atoms with E-state index in [9.17, 15) is 10.1 Å². The van der Waals surface area contributed by atoms with Crippen LogP contribution in [0.3, 0.4) is 0 Å². The van der Waals surface area contributed by atoms with E-state index in [2.05, 4.69) is 16.2 Å². The van der Waals surface area contributed by atoms with Gasteiger partial charge in [0.2, 0.25) is 0 Å². The van der Waals surface area contributed by atoms with Crippen LogP contribution in [0.5, 0.6) is 0 Å². The van der Waals surface area contributed by atoms with Gasteiger partial charge in [0.05, 0.1) is 12.3 Å². The Labute approximate surface area is 108 Å². The quantitative estimate of drug-likeness (QED) is 0.855. The zero-order valence-electron chi connectivity index (χ0n) is 9.91. The molecule has 1 unspecified atom stereocenters. The predicted octanol–water partition coefficient (Wildman–Crippen LogP) is 0.803. The van der Waals surface area contributed by atoms with E-state index in [4.69, 9.17) is 9.84 Å². The van der Waals surface area contributed by atoms with Crippen molar-refractivity contribution in [3.05, 3.63) is 29.2 Å². The average molecular weight is 258 g/mol. The molecule has 3 rings (SSSR count). The highest BCUT2D eigenvalue weighted by Gasteiger charge is 2.27. The number of hydrogen-bond donors (Lipinski definition) is 1. The summed E-state index contributed by atoms with van der Waals surface area (Å²) in [6, 6.07) is 3.43. The third-order valence-electron chi connectivity index (χ3n) is 3.19. The van der Waals surface area contributed by atoms with Crippen LogP contribution >= 0.6 is 0 Å². The summed E-state index contributed by atoms with van der Waals surface area (Å²) in [7, 11) is 0. The topological polar surface area (TPSA) is 101 Å². The van der Waals surface area contributed by atoms with Crippen molar-refractivity contribution in [2.75, 3.05) is 13.2 Å². The Morgan fingerprint density at radius 2 is 2.47 bits per heavy atom. The molecule has 0 spiro atoms. The fraction of sp³-hybridized carbons (Fsp3) is 0.333. The molecule has 0 aromatic carbocycles. The van der Waals surface area contributed by atoms with Crippen LogP contribution in [0.25, 0.3) is 5.65 Å². The number of ether oxygens (including phenoxy) is 1. The van der Waals surface area contributed by atoms with Crippen molar-refractivity contribution >= 4 is 11.6 Å². The molecule has 1 aliphatic heterocycles. The summed E-state index contributed by atoms with van der Waals surface area (Å²) in [5, 5.41) is 22.6. The third kappa shape index (κ3) is 1.73. The molecular formula is C12H10N4O3. The van der Waals surface area contributed by atoms with Gasteiger partial charge >= 0.3 is 5.97 Å². The number of nitriles is 1. The van der Waals surface area contributed by atoms with Gasteiger partial charge < -0.3 is 9.84 Å². The molecule has 19 heavy (non-hydrogen) atoms. The Bertz CT molecular complexity index is 695. The van der Waals surface area contributed by atoms with E-state index in [-0.39, 0.29) is 17.3 Å². The summed E-state index contributed by atoms with van der Waals surface area (Å²) in [6.07, 6.45) is 2.15. The maximum absolute atomic E-state index is 11.1. The molecular weight excluding hydrogens is 248 g/mol. The van der Waals surface area contributed by atoms with E-state index in [0.29, 0.717) is 24.5 Å². The molecule has 0 saturated carbocycles. The molecule has 7 nitrogen and oxygen atoms in total. The van der Waals surface area contributed by atoms with Crippen LogP contribution in [-0.2, 0) is 4.74 Å². The number of carbonyl (C=O) groups is 1. The first-order valence-corrected chi connectivity index (χ1v) is 5.81. The van der Waals surface area contributed by atoms with Crippen LogP contribution in [0.1, 0.15) is 34.1 Å². The maximum atomic E-state index is 11.1. The van der Waals surface area contributed by atoms with Crippen molar-refractivity contribution in [2.45, 2.75) is 12.3 Å². The Morgan fingerprint density at radius 3 is 3.11 bits per heavy atom. The van der Waals surface area contributed by atoms with Crippen LogP contribution in [0.15, 0.2) is 12.3 Å². The number of fused-ring (bicyclic) bond motifs is 1. The van der Waals surface area contributed by atoms with E-state index >= 15 is 0 Å². The second kappa shape index (κ2) is 4.33. The highest BCUT2D eigenvalue weighted by molar-refractivity contribution is 5.86. The first kappa shape index (κ1) is 11.6. The van der Waals surface area contributed by atoms with Crippen molar-refractivity contribution in [1.29, 1.82) is 5.26 Å². The zero-order valence-corrected chi connectivity index (χ0v) is 9.91. The van der Waals surface area contributed by atoms with Gasteiger partial charge in [-0.25, -0.2) is 14.3 Å². The summed E-state index contributed by atoms with van der Waals surface area (Å²) in [5.74, 6) is -1.08. The minimum atomic E-state index is -1.10. The van der Waals surface area contributed by atoms with E-state index in [1.807, 2.05) is 0 Å². The zero-order chi connectivity index (χ0) is 13.4. The molecule has 96 valence electrons. The molecule has 3 heterocycles. The van der Waals surface area contributed by atoms with Gasteiger partial charge in [-0.1, -0.05) is 0 Å². The van der Waals surface area contributed by atoms with Gasteiger partial charge in [-0.2, -0.15) is 10.4 Å². The molecule has 0 radical (unpaired) electrons. The fourth-order valence-corrected chi connectivity index (χ4v) is 2.27. The van der Waals surface area contributed by atoms with Crippen LogP contribution in [0, 0.1) is 11.3 Å². The Hall–Kier alpha value is -2.46. The number of aromatic nitrogens is 3. The van der Waals surface area contributed by atoms with E-state index < -0.39 is 5.97 Å². The highest BCUT2D eigenvalue weighted by Crippen LogP contribution is 2.28. The van der Waals surface area contributed by atoms with Crippen LogP contribution in [0.2, 0.25) is 0 Å². The summed E-state index contributed by atoms with van der Waals surface area (Å²) in [5.41, 5.74) is 1.18. The first-order valence-electron chi connectivity index (χ1n) is 5.81. The number of hydrogen-bond acceptors (Lipinski definition) is 5. The number of aromatic carboxylic acids is 1. The predicted molar refractivity (Wildman–Crippen MR) is 62.8 cm³/mol. The number of rotatable bonds is 2. The van der Waals surface area contributed by atoms with E-state index in [1.165, 1.54) is 16.8 Å². The SMILES string of the molecule is N#Cc1c(C2CCOC2)nn2c(C(=O)O)ccnc12. The molecule has 0 aliphatic carbocycles. The number of carboxylic acids is 1. The lowest BCUT2D eigenvalue weighted by Gasteiger charge is -2.02. The molecule has 1 aliphatic rings. The second-order valence-corrected chi connectivity index (χ2v) is 4.30. The van der Waals surface area contributed by atoms with Gasteiger partial charge in [-0.15, -0.1) is 0 Å². The van der Waals surface area contributed by atoms with Gasteiger partial charge in [0.15, 0.2) is 11.3 Å². The maximum Gasteiger partial charge on any atom is 0.354 e. The van der Waals surface area contributed by atoms with Crippen LogP contribution in [0.4, 0.5) is 0 Å². The second-order valence-electron chi connectivity index (χ2n) is 4.30. The van der Waals surface area contributed by atoms with Crippen molar-refractivity contribution in [2.24, 2.45) is 0 Å². The summed E-state index contributed by atoms with van der Waals surface area (Å²) < 4.78 is 6.51. The smallest absolute Gasteiger partial charge is 0.354 e. The summed E-state index contributed by atoms with van der Waals surface area (Å²) in [6.45, 7) is 1.13. The molecule has 1 fully saturated rings. The normalized spacial score (nSPS) is 18.6. The standard InChI is InChI=1S/C12H10N4O3/c13-5-8-10(7-2-4-19-6-7)15-16-9(12(17)18)1-3-14-11(8)16/h1,3,7H,2,4,6H2,(H,17,18). The van der Waals surface area contributed by atoms with Crippen molar-refractivity contribution < 1.29 is 14.6 Å². The number of carboxylic acid groups (broad SMARTS) is 1. The molecule has 2 aromatic rings. The first-order chi connectivity index (χ1) is 9.22.